The molecule has 0 amide bonds. The van der Waals surface area contributed by atoms with Gasteiger partial charge in [0.25, 0.3) is 0 Å². The topological polar surface area (TPSA) is 112 Å². The van der Waals surface area contributed by atoms with E-state index < -0.39 is 12.0 Å². The van der Waals surface area contributed by atoms with Gasteiger partial charge in [0.2, 0.25) is 0 Å². The average molecular weight is 204 g/mol. The molecule has 0 aromatic heterocycles. The number of nitrogens with two attached hydrogens (primary N) is 1. The molecule has 0 bridgehead atoms. The van der Waals surface area contributed by atoms with Gasteiger partial charge in [-0.15, -0.1) is 0 Å². The number of azide groups is 1. The quantitative estimate of drug-likeness (QED) is 0.277. The van der Waals surface area contributed by atoms with Crippen molar-refractivity contribution in [2.75, 3.05) is 18.1 Å². The van der Waals surface area contributed by atoms with Crippen LogP contribution in [-0.2, 0) is 4.79 Å². The minimum atomic E-state index is -0.984. The monoisotopic (exact) mass is 204 g/mol. The molecule has 7 heteroatoms. The highest BCUT2D eigenvalue weighted by molar-refractivity contribution is 7.99. The molecule has 13 heavy (non-hydrogen) atoms. The van der Waals surface area contributed by atoms with Crippen molar-refractivity contribution in [2.45, 2.75) is 12.5 Å². The number of nitrogens with zero attached hydrogens (tertiary/aromatic N) is 3. The Balaban J connectivity index is 3.25. The van der Waals surface area contributed by atoms with Gasteiger partial charge < -0.3 is 10.8 Å². The summed E-state index contributed by atoms with van der Waals surface area (Å²) in [7, 11) is 0. The lowest BCUT2D eigenvalue weighted by atomic mass is 10.4. The molecular formula is C6H12N4O2S. The molecule has 0 saturated heterocycles. The molecular weight excluding hydrogens is 192 g/mol. The van der Waals surface area contributed by atoms with Gasteiger partial charge in [-0.05, 0) is 17.7 Å². The first-order valence-electron chi connectivity index (χ1n) is 3.75. The third-order valence-electron chi connectivity index (χ3n) is 1.22. The van der Waals surface area contributed by atoms with Gasteiger partial charge in [0.1, 0.15) is 6.04 Å². The molecule has 3 N–H and O–H groups in total. The second-order valence-electron chi connectivity index (χ2n) is 2.33. The van der Waals surface area contributed by atoms with E-state index in [9.17, 15) is 4.79 Å². The summed E-state index contributed by atoms with van der Waals surface area (Å²) in [5.41, 5.74) is 13.2. The summed E-state index contributed by atoms with van der Waals surface area (Å²) < 4.78 is 0. The third kappa shape index (κ3) is 7.45. The van der Waals surface area contributed by atoms with E-state index in [-0.39, 0.29) is 0 Å². The van der Waals surface area contributed by atoms with Crippen LogP contribution in [0.1, 0.15) is 6.42 Å². The van der Waals surface area contributed by atoms with Crippen molar-refractivity contribution in [1.29, 1.82) is 0 Å². The predicted octanol–water partition coefficient (Wildman–Crippen LogP) is 0.832. The highest BCUT2D eigenvalue weighted by atomic mass is 32.2. The Morgan fingerprint density at radius 3 is 3.00 bits per heavy atom. The molecule has 0 spiro atoms. The summed E-state index contributed by atoms with van der Waals surface area (Å²) in [5.74, 6) is 0.175. The van der Waals surface area contributed by atoms with Crippen molar-refractivity contribution in [2.24, 2.45) is 10.8 Å². The summed E-state index contributed by atoms with van der Waals surface area (Å²) in [5, 5.41) is 11.8. The van der Waals surface area contributed by atoms with E-state index in [2.05, 4.69) is 10.0 Å². The number of carboxylic acid groups (broad SMARTS) is 1. The molecule has 0 saturated carbocycles. The largest absolute Gasteiger partial charge is 0.480 e. The maximum Gasteiger partial charge on any atom is 0.321 e. The zero-order valence-corrected chi connectivity index (χ0v) is 7.90. The van der Waals surface area contributed by atoms with Crippen molar-refractivity contribution in [3.63, 3.8) is 0 Å². The summed E-state index contributed by atoms with van der Waals surface area (Å²) in [6, 6.07) is -0.801. The number of hydrogen-bond acceptors (Lipinski definition) is 4. The number of hydrogen-bond donors (Lipinski definition) is 2. The van der Waals surface area contributed by atoms with Crippen molar-refractivity contribution in [1.82, 2.24) is 0 Å². The minimum Gasteiger partial charge on any atom is -0.480 e. The smallest absolute Gasteiger partial charge is 0.321 e. The van der Waals surface area contributed by atoms with Crippen LogP contribution in [0.25, 0.3) is 10.4 Å². The molecule has 0 aromatic carbocycles. The Labute approximate surface area is 80.1 Å². The molecule has 1 atom stereocenters. The van der Waals surface area contributed by atoms with Gasteiger partial charge in [-0.2, -0.15) is 11.8 Å². The molecule has 74 valence electrons. The van der Waals surface area contributed by atoms with Crippen LogP contribution in [0.4, 0.5) is 0 Å². The van der Waals surface area contributed by atoms with Gasteiger partial charge in [0.05, 0.1) is 0 Å². The van der Waals surface area contributed by atoms with Crippen LogP contribution in [-0.4, -0.2) is 35.2 Å². The molecule has 0 heterocycles. The van der Waals surface area contributed by atoms with Crippen LogP contribution < -0.4 is 5.73 Å². The Morgan fingerprint density at radius 2 is 2.46 bits per heavy atom. The van der Waals surface area contributed by atoms with Crippen LogP contribution in [0.15, 0.2) is 5.11 Å². The Hall–Kier alpha value is -0.910. The van der Waals surface area contributed by atoms with E-state index in [1.807, 2.05) is 0 Å². The van der Waals surface area contributed by atoms with E-state index in [1.165, 1.54) is 11.8 Å². The first-order chi connectivity index (χ1) is 6.18. The molecule has 0 rings (SSSR count). The first-order valence-corrected chi connectivity index (χ1v) is 4.91. The van der Waals surface area contributed by atoms with Gasteiger partial charge in [-0.1, -0.05) is 5.11 Å². The lowest BCUT2D eigenvalue weighted by molar-refractivity contribution is -0.137. The molecule has 0 radical (unpaired) electrons. The van der Waals surface area contributed by atoms with E-state index >= 15 is 0 Å². The SMILES string of the molecule is [N-]=[N+]=NCCCSC[C@H](N)C(=O)O. The second-order valence-corrected chi connectivity index (χ2v) is 3.48. The van der Waals surface area contributed by atoms with Crippen LogP contribution in [0.2, 0.25) is 0 Å². The molecule has 0 aliphatic carbocycles. The summed E-state index contributed by atoms with van der Waals surface area (Å²) in [6.45, 7) is 0.450. The fraction of sp³-hybridized carbons (Fsp3) is 0.833. The van der Waals surface area contributed by atoms with E-state index in [1.54, 1.807) is 0 Å². The zero-order valence-electron chi connectivity index (χ0n) is 7.09. The number of carbonyl (C=O) groups is 1. The summed E-state index contributed by atoms with van der Waals surface area (Å²) in [4.78, 5) is 12.9. The third-order valence-corrected chi connectivity index (χ3v) is 2.40. The standard InChI is InChI=1S/C6H12N4O2S/c7-5(6(11)12)4-13-3-1-2-9-10-8/h5H,1-4,7H2,(H,11,12)/t5-/m0/s1. The fourth-order valence-electron chi connectivity index (χ4n) is 0.564. The van der Waals surface area contributed by atoms with Gasteiger partial charge >= 0.3 is 5.97 Å². The normalized spacial score (nSPS) is 11.8. The number of carboxylic acids is 1. The van der Waals surface area contributed by atoms with E-state index in [4.69, 9.17) is 16.4 Å². The summed E-state index contributed by atoms with van der Waals surface area (Å²) >= 11 is 1.45. The van der Waals surface area contributed by atoms with Gasteiger partial charge in [0.15, 0.2) is 0 Å². The highest BCUT2D eigenvalue weighted by Gasteiger charge is 2.09. The Kier molecular flexibility index (Phi) is 7.18. The maximum absolute atomic E-state index is 10.3. The number of thioether (sulfide) groups is 1. The maximum atomic E-state index is 10.3. The summed E-state index contributed by atoms with van der Waals surface area (Å²) in [6.07, 6.45) is 0.751. The van der Waals surface area contributed by atoms with Gasteiger partial charge in [0, 0.05) is 17.2 Å². The van der Waals surface area contributed by atoms with E-state index in [0.717, 1.165) is 12.2 Å². The Bertz CT molecular complexity index is 205. The number of aliphatic carboxylic acids is 1. The van der Waals surface area contributed by atoms with E-state index in [0.29, 0.717) is 12.3 Å². The van der Waals surface area contributed by atoms with Crippen LogP contribution >= 0.6 is 11.8 Å². The van der Waals surface area contributed by atoms with Crippen LogP contribution in [0.3, 0.4) is 0 Å². The fourth-order valence-corrected chi connectivity index (χ4v) is 1.46. The lowest BCUT2D eigenvalue weighted by Crippen LogP contribution is -2.32. The van der Waals surface area contributed by atoms with Gasteiger partial charge in [-0.25, -0.2) is 0 Å². The highest BCUT2D eigenvalue weighted by Crippen LogP contribution is 2.04. The lowest BCUT2D eigenvalue weighted by Gasteiger charge is -2.04. The van der Waals surface area contributed by atoms with Crippen molar-refractivity contribution in [3.05, 3.63) is 10.4 Å². The molecule has 6 nitrogen and oxygen atoms in total. The second kappa shape index (κ2) is 7.72. The zero-order chi connectivity index (χ0) is 10.1. The van der Waals surface area contributed by atoms with Crippen molar-refractivity contribution >= 4 is 17.7 Å². The Morgan fingerprint density at radius 1 is 1.77 bits per heavy atom. The number of rotatable bonds is 7. The van der Waals surface area contributed by atoms with Crippen molar-refractivity contribution in [3.8, 4) is 0 Å². The minimum absolute atomic E-state index is 0.394. The predicted molar refractivity (Wildman–Crippen MR) is 51.6 cm³/mol. The van der Waals surface area contributed by atoms with Crippen LogP contribution in [0.5, 0.6) is 0 Å². The first kappa shape index (κ1) is 12.1. The molecule has 0 aromatic rings. The van der Waals surface area contributed by atoms with Crippen LogP contribution in [0, 0.1) is 0 Å². The molecule has 0 aliphatic heterocycles. The van der Waals surface area contributed by atoms with Crippen molar-refractivity contribution < 1.29 is 9.90 Å². The molecule has 0 unspecified atom stereocenters. The molecule has 0 aliphatic rings. The average Bonchev–Trinajstić information content (AvgIpc) is 2.10. The van der Waals surface area contributed by atoms with Gasteiger partial charge in [-0.3, -0.25) is 4.79 Å². The molecule has 0 fully saturated rings.